The Balaban J connectivity index is 2.12. The van der Waals surface area contributed by atoms with Crippen LogP contribution in [0.25, 0.3) is 0 Å². The molecule has 0 unspecified atom stereocenters. The van der Waals surface area contributed by atoms with Gasteiger partial charge in [0.2, 0.25) is 0 Å². The summed E-state index contributed by atoms with van der Waals surface area (Å²) in [4.78, 5) is 24.4. The van der Waals surface area contributed by atoms with Gasteiger partial charge in [0.05, 0.1) is 18.3 Å². The second-order valence-electron chi connectivity index (χ2n) is 6.71. The van der Waals surface area contributed by atoms with Gasteiger partial charge in [-0.2, -0.15) is 0 Å². The minimum atomic E-state index is -0.535. The van der Waals surface area contributed by atoms with Gasteiger partial charge >= 0.3 is 11.9 Å². The van der Waals surface area contributed by atoms with Gasteiger partial charge in [0, 0.05) is 4.47 Å². The number of rotatable bonds is 7. The molecule has 0 saturated heterocycles. The molecule has 27 heavy (non-hydrogen) atoms. The number of hydrogen-bond acceptors (Lipinski definition) is 5. The van der Waals surface area contributed by atoms with Crippen LogP contribution in [0.1, 0.15) is 48.4 Å². The van der Waals surface area contributed by atoms with Crippen molar-refractivity contribution in [3.8, 4) is 11.5 Å². The molecule has 0 aliphatic rings. The smallest absolute Gasteiger partial charge is 0.347 e. The summed E-state index contributed by atoms with van der Waals surface area (Å²) in [6.07, 6.45) is -0.198. The lowest BCUT2D eigenvalue weighted by molar-refractivity contribution is 0.0378. The summed E-state index contributed by atoms with van der Waals surface area (Å²) in [5.41, 5.74) is 0.722. The van der Waals surface area contributed by atoms with E-state index in [0.717, 1.165) is 4.47 Å². The van der Waals surface area contributed by atoms with Crippen molar-refractivity contribution in [2.24, 2.45) is 5.92 Å². The molecule has 0 aliphatic carbocycles. The maximum Gasteiger partial charge on any atom is 0.347 e. The van der Waals surface area contributed by atoms with Crippen molar-refractivity contribution in [1.82, 2.24) is 0 Å². The van der Waals surface area contributed by atoms with E-state index in [1.54, 1.807) is 50.2 Å². The van der Waals surface area contributed by atoms with Crippen LogP contribution in [0.3, 0.4) is 0 Å². The van der Waals surface area contributed by atoms with Crippen molar-refractivity contribution in [2.75, 3.05) is 6.61 Å². The lowest BCUT2D eigenvalue weighted by atomic mass is 10.2. The SMILES string of the molecule is CC(C)COc1ccc(Br)cc1C(=O)Oc1ccc(C(=O)OC(C)C)cc1. The molecule has 2 aromatic rings. The Kier molecular flexibility index (Phi) is 7.42. The molecule has 0 aliphatic heterocycles. The fraction of sp³-hybridized carbons (Fsp3) is 0.333. The highest BCUT2D eigenvalue weighted by atomic mass is 79.9. The Morgan fingerprint density at radius 2 is 1.63 bits per heavy atom. The second kappa shape index (κ2) is 9.55. The fourth-order valence-corrected chi connectivity index (χ4v) is 2.51. The number of carbonyl (C=O) groups excluding carboxylic acids is 2. The van der Waals surface area contributed by atoms with Crippen LogP contribution in [-0.2, 0) is 4.74 Å². The van der Waals surface area contributed by atoms with Crippen molar-refractivity contribution in [3.05, 3.63) is 58.1 Å². The maximum absolute atomic E-state index is 12.6. The van der Waals surface area contributed by atoms with E-state index in [9.17, 15) is 9.59 Å². The summed E-state index contributed by atoms with van der Waals surface area (Å²) >= 11 is 3.36. The van der Waals surface area contributed by atoms with Gasteiger partial charge in [0.1, 0.15) is 17.1 Å². The van der Waals surface area contributed by atoms with Crippen molar-refractivity contribution in [2.45, 2.75) is 33.8 Å². The maximum atomic E-state index is 12.6. The lowest BCUT2D eigenvalue weighted by Crippen LogP contribution is -2.13. The molecule has 5 nitrogen and oxygen atoms in total. The Morgan fingerprint density at radius 1 is 0.963 bits per heavy atom. The van der Waals surface area contributed by atoms with Crippen LogP contribution in [0.15, 0.2) is 46.9 Å². The Labute approximate surface area is 167 Å². The monoisotopic (exact) mass is 434 g/mol. The molecule has 0 amide bonds. The standard InChI is InChI=1S/C21H23BrO5/c1-13(2)12-25-19-10-7-16(22)11-18(19)21(24)27-17-8-5-15(6-9-17)20(23)26-14(3)4/h5-11,13-14H,12H2,1-4H3. The van der Waals surface area contributed by atoms with E-state index in [-0.39, 0.29) is 6.10 Å². The molecule has 0 heterocycles. The summed E-state index contributed by atoms with van der Waals surface area (Å²) in [6, 6.07) is 11.4. The number of carbonyl (C=O) groups is 2. The quantitative estimate of drug-likeness (QED) is 0.438. The molecule has 0 N–H and O–H groups in total. The van der Waals surface area contributed by atoms with Crippen LogP contribution in [0.2, 0.25) is 0 Å². The summed E-state index contributed by atoms with van der Waals surface area (Å²) in [5.74, 6) is 0.173. The number of halogens is 1. The van der Waals surface area contributed by atoms with Gasteiger partial charge in [-0.05, 0) is 62.2 Å². The van der Waals surface area contributed by atoms with E-state index in [0.29, 0.717) is 35.2 Å². The van der Waals surface area contributed by atoms with E-state index >= 15 is 0 Å². The van der Waals surface area contributed by atoms with Crippen LogP contribution >= 0.6 is 15.9 Å². The Morgan fingerprint density at radius 3 is 2.22 bits per heavy atom. The topological polar surface area (TPSA) is 61.8 Å². The number of esters is 2. The zero-order valence-corrected chi connectivity index (χ0v) is 17.4. The van der Waals surface area contributed by atoms with Gasteiger partial charge in [-0.1, -0.05) is 29.8 Å². The van der Waals surface area contributed by atoms with E-state index < -0.39 is 11.9 Å². The van der Waals surface area contributed by atoms with Gasteiger partial charge in [-0.15, -0.1) is 0 Å². The van der Waals surface area contributed by atoms with Crippen LogP contribution in [0.5, 0.6) is 11.5 Å². The first-order chi connectivity index (χ1) is 12.8. The minimum absolute atomic E-state index is 0.198. The predicted octanol–water partition coefficient (Wildman–Crippen LogP) is 5.27. The highest BCUT2D eigenvalue weighted by Gasteiger charge is 2.17. The van der Waals surface area contributed by atoms with Gasteiger partial charge in [-0.3, -0.25) is 0 Å². The van der Waals surface area contributed by atoms with Crippen LogP contribution in [-0.4, -0.2) is 24.6 Å². The van der Waals surface area contributed by atoms with Crippen LogP contribution < -0.4 is 9.47 Å². The van der Waals surface area contributed by atoms with Crippen molar-refractivity contribution in [1.29, 1.82) is 0 Å². The highest BCUT2D eigenvalue weighted by molar-refractivity contribution is 9.10. The number of ether oxygens (including phenoxy) is 3. The Hall–Kier alpha value is -2.34. The van der Waals surface area contributed by atoms with Crippen molar-refractivity contribution in [3.63, 3.8) is 0 Å². The van der Waals surface area contributed by atoms with E-state index in [1.807, 2.05) is 19.9 Å². The van der Waals surface area contributed by atoms with Crippen molar-refractivity contribution < 1.29 is 23.8 Å². The molecular formula is C21H23BrO5. The minimum Gasteiger partial charge on any atom is -0.492 e. The molecule has 0 fully saturated rings. The highest BCUT2D eigenvalue weighted by Crippen LogP contribution is 2.26. The normalized spacial score (nSPS) is 10.8. The zero-order chi connectivity index (χ0) is 20.0. The molecule has 6 heteroatoms. The summed E-state index contributed by atoms with van der Waals surface area (Å²) in [5, 5.41) is 0. The Bertz CT molecular complexity index is 797. The van der Waals surface area contributed by atoms with E-state index in [2.05, 4.69) is 15.9 Å². The number of benzene rings is 2. The fourth-order valence-electron chi connectivity index (χ4n) is 2.15. The third-order valence-electron chi connectivity index (χ3n) is 3.38. The molecule has 0 spiro atoms. The third kappa shape index (κ3) is 6.40. The first kappa shape index (κ1) is 21.0. The van der Waals surface area contributed by atoms with E-state index in [1.165, 1.54) is 0 Å². The molecule has 0 bridgehead atoms. The first-order valence-electron chi connectivity index (χ1n) is 8.72. The average molecular weight is 435 g/mol. The van der Waals surface area contributed by atoms with Crippen LogP contribution in [0.4, 0.5) is 0 Å². The molecule has 2 aromatic carbocycles. The van der Waals surface area contributed by atoms with Gasteiger partial charge in [0.15, 0.2) is 0 Å². The molecule has 0 aromatic heterocycles. The number of hydrogen-bond donors (Lipinski definition) is 0. The van der Waals surface area contributed by atoms with Gasteiger partial charge in [0.25, 0.3) is 0 Å². The second-order valence-corrected chi connectivity index (χ2v) is 7.63. The largest absolute Gasteiger partial charge is 0.492 e. The first-order valence-corrected chi connectivity index (χ1v) is 9.51. The van der Waals surface area contributed by atoms with Gasteiger partial charge in [-0.25, -0.2) is 9.59 Å². The summed E-state index contributed by atoms with van der Waals surface area (Å²) < 4.78 is 17.0. The lowest BCUT2D eigenvalue weighted by Gasteiger charge is -2.13. The molecule has 0 atom stereocenters. The van der Waals surface area contributed by atoms with Crippen LogP contribution in [0, 0.1) is 5.92 Å². The van der Waals surface area contributed by atoms with Gasteiger partial charge < -0.3 is 14.2 Å². The van der Waals surface area contributed by atoms with E-state index in [4.69, 9.17) is 14.2 Å². The summed E-state index contributed by atoms with van der Waals surface area (Å²) in [7, 11) is 0. The molecule has 0 radical (unpaired) electrons. The third-order valence-corrected chi connectivity index (χ3v) is 3.87. The summed E-state index contributed by atoms with van der Waals surface area (Å²) in [6.45, 7) is 8.12. The molecular weight excluding hydrogens is 412 g/mol. The molecule has 144 valence electrons. The molecule has 0 saturated carbocycles. The molecule has 2 rings (SSSR count). The van der Waals surface area contributed by atoms with Crippen molar-refractivity contribution >= 4 is 27.9 Å². The predicted molar refractivity (Wildman–Crippen MR) is 106 cm³/mol. The average Bonchev–Trinajstić information content (AvgIpc) is 2.60. The zero-order valence-electron chi connectivity index (χ0n) is 15.8.